The highest BCUT2D eigenvalue weighted by molar-refractivity contribution is 6.32. The molecule has 0 aliphatic carbocycles. The third kappa shape index (κ3) is 5.54. The van der Waals surface area contributed by atoms with Crippen molar-refractivity contribution in [2.24, 2.45) is 0 Å². The van der Waals surface area contributed by atoms with Crippen molar-refractivity contribution in [1.82, 2.24) is 5.32 Å². The van der Waals surface area contributed by atoms with Crippen LogP contribution < -0.4 is 14.8 Å². The zero-order valence-electron chi connectivity index (χ0n) is 12.1. The number of aliphatic hydroxyl groups is 1. The molecule has 0 saturated carbocycles. The van der Waals surface area contributed by atoms with Crippen LogP contribution in [0.2, 0.25) is 5.02 Å². The van der Waals surface area contributed by atoms with Crippen molar-refractivity contribution >= 4 is 11.6 Å². The highest BCUT2D eigenvalue weighted by Gasteiger charge is 2.12. The Balaban J connectivity index is 2.73. The lowest BCUT2D eigenvalue weighted by atomic mass is 10.2. The largest absolute Gasteiger partial charge is 0.493 e. The number of hydrogen-bond acceptors (Lipinski definition) is 5. The number of hydrogen-bond donors (Lipinski definition) is 2. The van der Waals surface area contributed by atoms with Crippen molar-refractivity contribution in [2.45, 2.75) is 19.6 Å². The van der Waals surface area contributed by atoms with E-state index in [9.17, 15) is 5.11 Å². The molecule has 1 aromatic carbocycles. The first-order valence-electron chi connectivity index (χ1n) is 6.45. The van der Waals surface area contributed by atoms with E-state index >= 15 is 0 Å². The predicted octanol–water partition coefficient (Wildman–Crippen LogP) is 1.84. The van der Waals surface area contributed by atoms with Gasteiger partial charge in [0.1, 0.15) is 6.61 Å². The summed E-state index contributed by atoms with van der Waals surface area (Å²) in [6.07, 6.45) is -0.564. The van der Waals surface area contributed by atoms with Gasteiger partial charge in [0.25, 0.3) is 0 Å². The first kappa shape index (κ1) is 17.0. The smallest absolute Gasteiger partial charge is 0.179 e. The Morgan fingerprint density at radius 1 is 1.35 bits per heavy atom. The Morgan fingerprint density at radius 3 is 2.70 bits per heavy atom. The van der Waals surface area contributed by atoms with Gasteiger partial charge < -0.3 is 24.6 Å². The van der Waals surface area contributed by atoms with Crippen LogP contribution in [0.5, 0.6) is 11.5 Å². The van der Waals surface area contributed by atoms with Gasteiger partial charge in [0, 0.05) is 20.2 Å². The summed E-state index contributed by atoms with van der Waals surface area (Å²) in [5.41, 5.74) is 0.993. The average molecular weight is 304 g/mol. The summed E-state index contributed by atoms with van der Waals surface area (Å²) in [7, 11) is 3.22. The molecule has 0 aromatic heterocycles. The molecular weight excluding hydrogens is 282 g/mol. The third-order valence-electron chi connectivity index (χ3n) is 2.57. The van der Waals surface area contributed by atoms with Crippen LogP contribution in [0, 0.1) is 0 Å². The van der Waals surface area contributed by atoms with Crippen molar-refractivity contribution in [3.05, 3.63) is 22.7 Å². The van der Waals surface area contributed by atoms with E-state index in [1.807, 2.05) is 12.1 Å². The second kappa shape index (κ2) is 9.02. The Bertz CT molecular complexity index is 412. The standard InChI is InChI=1S/C14H22ClNO4/c1-10(17)9-20-14-12(15)6-11(7-13(14)19-3)8-16-4-5-18-2/h6-7,10,16-17H,4-5,8-9H2,1-3H3. The van der Waals surface area contributed by atoms with Crippen LogP contribution in [0.4, 0.5) is 0 Å². The van der Waals surface area contributed by atoms with Gasteiger partial charge in [0.2, 0.25) is 0 Å². The van der Waals surface area contributed by atoms with Crippen LogP contribution in [0.15, 0.2) is 12.1 Å². The van der Waals surface area contributed by atoms with E-state index in [0.29, 0.717) is 29.7 Å². The zero-order valence-corrected chi connectivity index (χ0v) is 12.9. The molecule has 2 N–H and O–H groups in total. The number of ether oxygens (including phenoxy) is 3. The van der Waals surface area contributed by atoms with Gasteiger partial charge in [-0.2, -0.15) is 0 Å². The second-order valence-corrected chi connectivity index (χ2v) is 4.85. The molecule has 0 heterocycles. The topological polar surface area (TPSA) is 60.0 Å². The fourth-order valence-electron chi connectivity index (χ4n) is 1.63. The van der Waals surface area contributed by atoms with Crippen LogP contribution in [0.3, 0.4) is 0 Å². The van der Waals surface area contributed by atoms with Crippen LogP contribution in [-0.2, 0) is 11.3 Å². The second-order valence-electron chi connectivity index (χ2n) is 4.44. The third-order valence-corrected chi connectivity index (χ3v) is 2.85. The number of benzene rings is 1. The number of aliphatic hydroxyl groups excluding tert-OH is 1. The SMILES string of the molecule is COCCNCc1cc(Cl)c(OCC(C)O)c(OC)c1. The Kier molecular flexibility index (Phi) is 7.69. The highest BCUT2D eigenvalue weighted by atomic mass is 35.5. The molecule has 0 aliphatic rings. The number of halogens is 1. The lowest BCUT2D eigenvalue weighted by molar-refractivity contribution is 0.120. The molecule has 20 heavy (non-hydrogen) atoms. The molecule has 0 saturated heterocycles. The van der Waals surface area contributed by atoms with Gasteiger partial charge in [-0.25, -0.2) is 0 Å². The summed E-state index contributed by atoms with van der Waals surface area (Å²) in [5, 5.41) is 13.0. The summed E-state index contributed by atoms with van der Waals surface area (Å²) < 4.78 is 15.7. The van der Waals surface area contributed by atoms with Crippen LogP contribution in [0.1, 0.15) is 12.5 Å². The molecule has 0 bridgehead atoms. The molecule has 0 radical (unpaired) electrons. The molecule has 1 unspecified atom stereocenters. The van der Waals surface area contributed by atoms with E-state index in [1.54, 1.807) is 21.1 Å². The lowest BCUT2D eigenvalue weighted by Gasteiger charge is -2.15. The molecule has 0 aliphatic heterocycles. The fraction of sp³-hybridized carbons (Fsp3) is 0.571. The van der Waals surface area contributed by atoms with Crippen LogP contribution in [0.25, 0.3) is 0 Å². The molecule has 5 nitrogen and oxygen atoms in total. The highest BCUT2D eigenvalue weighted by Crippen LogP contribution is 2.36. The van der Waals surface area contributed by atoms with Gasteiger partial charge in [-0.05, 0) is 24.6 Å². The van der Waals surface area contributed by atoms with Crippen LogP contribution in [-0.4, -0.2) is 45.2 Å². The molecule has 114 valence electrons. The minimum absolute atomic E-state index is 0.168. The van der Waals surface area contributed by atoms with E-state index in [4.69, 9.17) is 25.8 Å². The normalized spacial score (nSPS) is 12.2. The molecule has 0 fully saturated rings. The molecule has 0 amide bonds. The van der Waals surface area contributed by atoms with E-state index in [2.05, 4.69) is 5.32 Å². The summed E-state index contributed by atoms with van der Waals surface area (Å²) in [4.78, 5) is 0. The van der Waals surface area contributed by atoms with Crippen molar-refractivity contribution in [1.29, 1.82) is 0 Å². The minimum Gasteiger partial charge on any atom is -0.493 e. The molecule has 0 spiro atoms. The van der Waals surface area contributed by atoms with Crippen molar-refractivity contribution in [3.8, 4) is 11.5 Å². The van der Waals surface area contributed by atoms with E-state index in [0.717, 1.165) is 12.1 Å². The van der Waals surface area contributed by atoms with Gasteiger partial charge in [-0.3, -0.25) is 0 Å². The number of nitrogens with one attached hydrogen (secondary N) is 1. The average Bonchev–Trinajstić information content (AvgIpc) is 2.41. The van der Waals surface area contributed by atoms with E-state index < -0.39 is 6.10 Å². The van der Waals surface area contributed by atoms with Gasteiger partial charge in [0.05, 0.1) is 24.8 Å². The maximum Gasteiger partial charge on any atom is 0.179 e. The number of rotatable bonds is 9. The van der Waals surface area contributed by atoms with E-state index in [1.165, 1.54) is 0 Å². The zero-order chi connectivity index (χ0) is 15.0. The van der Waals surface area contributed by atoms with Crippen molar-refractivity contribution < 1.29 is 19.3 Å². The van der Waals surface area contributed by atoms with Crippen LogP contribution >= 0.6 is 11.6 Å². The first-order chi connectivity index (χ1) is 9.58. The lowest BCUT2D eigenvalue weighted by Crippen LogP contribution is -2.18. The summed E-state index contributed by atoms with van der Waals surface area (Å²) in [5.74, 6) is 1.01. The first-order valence-corrected chi connectivity index (χ1v) is 6.83. The Morgan fingerprint density at radius 2 is 2.10 bits per heavy atom. The Labute approximate surface area is 124 Å². The van der Waals surface area contributed by atoms with Gasteiger partial charge in [-0.1, -0.05) is 11.6 Å². The fourth-order valence-corrected chi connectivity index (χ4v) is 1.91. The maximum atomic E-state index is 9.26. The summed E-state index contributed by atoms with van der Waals surface area (Å²) in [6.45, 7) is 3.89. The van der Waals surface area contributed by atoms with Gasteiger partial charge >= 0.3 is 0 Å². The minimum atomic E-state index is -0.564. The monoisotopic (exact) mass is 303 g/mol. The molecule has 1 atom stereocenters. The van der Waals surface area contributed by atoms with Crippen molar-refractivity contribution in [2.75, 3.05) is 34.0 Å². The molecule has 6 heteroatoms. The van der Waals surface area contributed by atoms with Crippen molar-refractivity contribution in [3.63, 3.8) is 0 Å². The van der Waals surface area contributed by atoms with Gasteiger partial charge in [-0.15, -0.1) is 0 Å². The molecular formula is C14H22ClNO4. The quantitative estimate of drug-likeness (QED) is 0.682. The summed E-state index contributed by atoms with van der Waals surface area (Å²) in [6, 6.07) is 3.68. The predicted molar refractivity (Wildman–Crippen MR) is 78.8 cm³/mol. The maximum absolute atomic E-state index is 9.26. The number of methoxy groups -OCH3 is 2. The molecule has 1 aromatic rings. The van der Waals surface area contributed by atoms with E-state index in [-0.39, 0.29) is 6.61 Å². The molecule has 1 rings (SSSR count). The van der Waals surface area contributed by atoms with Gasteiger partial charge in [0.15, 0.2) is 11.5 Å². The Hall–Kier alpha value is -1.01. The summed E-state index contributed by atoms with van der Waals surface area (Å²) >= 11 is 6.20.